The first kappa shape index (κ1) is 7.33. The third kappa shape index (κ3) is 5.33. The molecule has 0 bridgehead atoms. The van der Waals surface area contributed by atoms with Crippen LogP contribution in [0, 0.1) is 0 Å². The molecule has 0 saturated heterocycles. The van der Waals surface area contributed by atoms with E-state index in [2.05, 4.69) is 10.3 Å². The van der Waals surface area contributed by atoms with E-state index in [1.807, 2.05) is 0 Å². The highest BCUT2D eigenvalue weighted by Gasteiger charge is 1.94. The summed E-state index contributed by atoms with van der Waals surface area (Å²) in [5, 5.41) is 0. The van der Waals surface area contributed by atoms with Crippen molar-refractivity contribution in [3.63, 3.8) is 0 Å². The summed E-state index contributed by atoms with van der Waals surface area (Å²) in [6, 6.07) is 0. The van der Waals surface area contributed by atoms with E-state index in [1.54, 1.807) is 0 Å². The lowest BCUT2D eigenvalue weighted by Gasteiger charge is -1.83. The Hall–Kier alpha value is -0.670. The predicted octanol–water partition coefficient (Wildman–Crippen LogP) is -0.424. The Bertz CT molecular complexity index is 142. The molecule has 0 aliphatic rings. The van der Waals surface area contributed by atoms with Crippen molar-refractivity contribution in [2.45, 2.75) is 0 Å². The van der Waals surface area contributed by atoms with E-state index in [9.17, 15) is 13.9 Å². The van der Waals surface area contributed by atoms with E-state index in [-0.39, 0.29) is 0 Å². The molecule has 0 aliphatic carbocycles. The molecule has 1 amide bonds. The summed E-state index contributed by atoms with van der Waals surface area (Å²) in [6.45, 7) is -0.571. The third-order valence-corrected chi connectivity index (χ3v) is 0.652. The standard InChI is InChI=1S/C2H4NO4P/c3-2(4)1-7-8(5)6/h1H2,(H2,3,4). The highest BCUT2D eigenvalue weighted by Crippen LogP contribution is 2.01. The van der Waals surface area contributed by atoms with Crippen LogP contribution in [0.3, 0.4) is 0 Å². The van der Waals surface area contributed by atoms with E-state index in [0.29, 0.717) is 0 Å². The van der Waals surface area contributed by atoms with E-state index in [1.165, 1.54) is 0 Å². The highest BCUT2D eigenvalue weighted by molar-refractivity contribution is 7.24. The lowest BCUT2D eigenvalue weighted by atomic mass is 10.7. The summed E-state index contributed by atoms with van der Waals surface area (Å²) in [7, 11) is -2.93. The number of rotatable bonds is 3. The number of carbonyl (C=O) groups excluding carboxylic acids is 1. The first-order valence-corrected chi connectivity index (χ1v) is 2.78. The molecule has 0 heterocycles. The Morgan fingerprint density at radius 2 is 2.12 bits per heavy atom. The van der Waals surface area contributed by atoms with Gasteiger partial charge in [0.2, 0.25) is 5.91 Å². The zero-order valence-electron chi connectivity index (χ0n) is 3.86. The van der Waals surface area contributed by atoms with Crippen molar-refractivity contribution in [2.75, 3.05) is 6.61 Å². The number of hydrogen-bond donors (Lipinski definition) is 1. The lowest BCUT2D eigenvalue weighted by molar-refractivity contribution is -0.119. The van der Waals surface area contributed by atoms with Gasteiger partial charge in [0.25, 0.3) is 0 Å². The minimum Gasteiger partial charge on any atom is -0.368 e. The minimum atomic E-state index is -2.93. The fraction of sp³-hybridized carbons (Fsp3) is 0.500. The fourth-order valence-electron chi connectivity index (χ4n) is 0.116. The molecular weight excluding hydrogens is 133 g/mol. The Morgan fingerprint density at radius 1 is 1.62 bits per heavy atom. The second-order valence-electron chi connectivity index (χ2n) is 0.963. The molecular formula is C2H4NO4P. The molecule has 0 saturated carbocycles. The van der Waals surface area contributed by atoms with Crippen LogP contribution < -0.4 is 5.73 Å². The van der Waals surface area contributed by atoms with Gasteiger partial charge in [0.15, 0.2) is 0 Å². The second-order valence-corrected chi connectivity index (χ2v) is 1.67. The molecule has 5 nitrogen and oxygen atoms in total. The quantitative estimate of drug-likeness (QED) is 0.535. The van der Waals surface area contributed by atoms with Crippen molar-refractivity contribution in [1.29, 1.82) is 0 Å². The molecule has 46 valence electrons. The smallest absolute Gasteiger partial charge is 0.368 e. The molecule has 0 spiro atoms. The van der Waals surface area contributed by atoms with Crippen LogP contribution in [-0.4, -0.2) is 12.5 Å². The van der Waals surface area contributed by atoms with Crippen molar-refractivity contribution in [3.8, 4) is 0 Å². The Kier molecular flexibility index (Phi) is 3.07. The number of nitrogens with two attached hydrogens (primary N) is 1. The normalized spacial score (nSPS) is 8.50. The van der Waals surface area contributed by atoms with Gasteiger partial charge in [-0.15, -0.1) is 0 Å². The van der Waals surface area contributed by atoms with E-state index in [0.717, 1.165) is 0 Å². The van der Waals surface area contributed by atoms with Crippen LogP contribution in [0.2, 0.25) is 0 Å². The van der Waals surface area contributed by atoms with E-state index >= 15 is 0 Å². The summed E-state index contributed by atoms with van der Waals surface area (Å²) in [5.74, 6) is -0.802. The van der Waals surface area contributed by atoms with E-state index < -0.39 is 20.4 Å². The minimum absolute atomic E-state index is 0.571. The van der Waals surface area contributed by atoms with Gasteiger partial charge in [-0.2, -0.15) is 0 Å². The number of amides is 1. The van der Waals surface area contributed by atoms with Crippen molar-refractivity contribution in [2.24, 2.45) is 5.73 Å². The van der Waals surface area contributed by atoms with Crippen LogP contribution in [0.5, 0.6) is 0 Å². The predicted molar refractivity (Wildman–Crippen MR) is 23.4 cm³/mol. The molecule has 0 atom stereocenters. The Morgan fingerprint density at radius 3 is 2.25 bits per heavy atom. The average molecular weight is 137 g/mol. The van der Waals surface area contributed by atoms with Crippen LogP contribution >= 0.6 is 7.91 Å². The number of hydrogen-bond acceptors (Lipinski definition) is 4. The summed E-state index contributed by atoms with van der Waals surface area (Å²) in [5.41, 5.74) is 4.51. The first-order chi connectivity index (χ1) is 3.63. The van der Waals surface area contributed by atoms with Crippen molar-refractivity contribution in [3.05, 3.63) is 0 Å². The van der Waals surface area contributed by atoms with Gasteiger partial charge in [-0.05, 0) is 0 Å². The Balaban J connectivity index is 3.32. The Labute approximate surface area is 45.7 Å². The summed E-state index contributed by atoms with van der Waals surface area (Å²) >= 11 is 0. The van der Waals surface area contributed by atoms with Gasteiger partial charge in [-0.1, -0.05) is 0 Å². The molecule has 0 fully saturated rings. The van der Waals surface area contributed by atoms with Gasteiger partial charge in [-0.3, -0.25) is 9.32 Å². The molecule has 6 heteroatoms. The van der Waals surface area contributed by atoms with Gasteiger partial charge in [0.05, 0.1) is 0 Å². The van der Waals surface area contributed by atoms with Gasteiger partial charge in [0.1, 0.15) is 6.61 Å². The zero-order valence-corrected chi connectivity index (χ0v) is 4.76. The van der Waals surface area contributed by atoms with Crippen LogP contribution in [0.4, 0.5) is 0 Å². The maximum absolute atomic E-state index is 9.73. The van der Waals surface area contributed by atoms with Crippen molar-refractivity contribution in [1.82, 2.24) is 0 Å². The fourth-order valence-corrected chi connectivity index (χ4v) is 0.349. The second kappa shape index (κ2) is 3.35. The maximum Gasteiger partial charge on any atom is 0.468 e. The van der Waals surface area contributed by atoms with Crippen molar-refractivity contribution >= 4 is 13.8 Å². The van der Waals surface area contributed by atoms with Crippen LogP contribution in [0.1, 0.15) is 0 Å². The van der Waals surface area contributed by atoms with Crippen molar-refractivity contribution < 1.29 is 18.4 Å². The SMILES string of the molecule is NC(=O)COP(=O)=O. The van der Waals surface area contributed by atoms with Crippen LogP contribution in [-0.2, 0) is 18.4 Å². The lowest BCUT2D eigenvalue weighted by Crippen LogP contribution is -2.15. The molecule has 0 aromatic carbocycles. The topological polar surface area (TPSA) is 86.5 Å². The van der Waals surface area contributed by atoms with Gasteiger partial charge >= 0.3 is 7.91 Å². The molecule has 2 N–H and O–H groups in total. The summed E-state index contributed by atoms with van der Waals surface area (Å²) < 4.78 is 22.8. The van der Waals surface area contributed by atoms with E-state index in [4.69, 9.17) is 0 Å². The molecule has 0 aliphatic heterocycles. The van der Waals surface area contributed by atoms with Gasteiger partial charge in [0, 0.05) is 0 Å². The monoisotopic (exact) mass is 137 g/mol. The first-order valence-electron chi connectivity index (χ1n) is 1.68. The average Bonchev–Trinajstić information content (AvgIpc) is 1.61. The molecule has 0 unspecified atom stereocenters. The number of primary amides is 1. The highest BCUT2D eigenvalue weighted by atomic mass is 31.1. The third-order valence-electron chi connectivity index (χ3n) is 0.312. The molecule has 0 rings (SSSR count). The van der Waals surface area contributed by atoms with Crippen LogP contribution in [0.25, 0.3) is 0 Å². The van der Waals surface area contributed by atoms with Crippen LogP contribution in [0.15, 0.2) is 0 Å². The zero-order chi connectivity index (χ0) is 6.57. The molecule has 8 heavy (non-hydrogen) atoms. The molecule has 0 radical (unpaired) electrons. The summed E-state index contributed by atoms with van der Waals surface area (Å²) in [4.78, 5) is 9.73. The largest absolute Gasteiger partial charge is 0.468 e. The summed E-state index contributed by atoms with van der Waals surface area (Å²) in [6.07, 6.45) is 0. The maximum atomic E-state index is 9.73. The molecule has 0 aromatic heterocycles. The number of carbonyl (C=O) groups is 1. The van der Waals surface area contributed by atoms with Gasteiger partial charge < -0.3 is 5.73 Å². The van der Waals surface area contributed by atoms with Gasteiger partial charge in [-0.25, -0.2) is 9.13 Å². The molecule has 0 aromatic rings.